The van der Waals surface area contributed by atoms with Crippen molar-refractivity contribution in [3.63, 3.8) is 0 Å². The van der Waals surface area contributed by atoms with Gasteiger partial charge in [-0.05, 0) is 25.0 Å². The summed E-state index contributed by atoms with van der Waals surface area (Å²) >= 11 is 0. The number of hydrogen-bond acceptors (Lipinski definition) is 5. The summed E-state index contributed by atoms with van der Waals surface area (Å²) < 4.78 is 34.3. The highest BCUT2D eigenvalue weighted by atomic mass is 32.2. The minimum Gasteiger partial charge on any atom is -0.383 e. The van der Waals surface area contributed by atoms with Gasteiger partial charge in [-0.3, -0.25) is 4.98 Å². The lowest BCUT2D eigenvalue weighted by Gasteiger charge is -2.31. The van der Waals surface area contributed by atoms with Gasteiger partial charge in [-0.2, -0.15) is 4.31 Å². The predicted octanol–water partition coefficient (Wildman–Crippen LogP) is 1.49. The van der Waals surface area contributed by atoms with E-state index in [2.05, 4.69) is 9.97 Å². The van der Waals surface area contributed by atoms with Crippen LogP contribution in [-0.2, 0) is 21.3 Å². The standard InChI is InChI=1S/C16H22N4O3S/c1-23-11-10-19-9-7-18-16(19)14-4-3-8-20(13-14)24(21,22)15-5-2-6-17-12-15/h2,5-7,9,12,14H,3-4,8,10-11,13H2,1H3. The number of methoxy groups -OCH3 is 1. The first-order valence-corrected chi connectivity index (χ1v) is 9.47. The Kier molecular flexibility index (Phi) is 5.27. The van der Waals surface area contributed by atoms with Gasteiger partial charge in [0.25, 0.3) is 0 Å². The van der Waals surface area contributed by atoms with E-state index in [0.29, 0.717) is 19.7 Å². The molecule has 8 heteroatoms. The van der Waals surface area contributed by atoms with Crippen LogP contribution in [0.2, 0.25) is 0 Å². The van der Waals surface area contributed by atoms with E-state index in [1.54, 1.807) is 35.9 Å². The van der Waals surface area contributed by atoms with Crippen molar-refractivity contribution in [3.8, 4) is 0 Å². The van der Waals surface area contributed by atoms with Crippen LogP contribution in [0.5, 0.6) is 0 Å². The first kappa shape index (κ1) is 17.1. The highest BCUT2D eigenvalue weighted by Crippen LogP contribution is 2.29. The Bertz CT molecular complexity index is 761. The molecule has 7 nitrogen and oxygen atoms in total. The molecule has 0 radical (unpaired) electrons. The molecule has 2 aromatic rings. The first-order valence-electron chi connectivity index (χ1n) is 8.03. The molecule has 1 atom stereocenters. The maximum absolute atomic E-state index is 12.8. The fraction of sp³-hybridized carbons (Fsp3) is 0.500. The second kappa shape index (κ2) is 7.42. The van der Waals surface area contributed by atoms with Crippen LogP contribution in [0.15, 0.2) is 41.8 Å². The SMILES string of the molecule is COCCn1ccnc1C1CCCN(S(=O)(=O)c2cccnc2)C1. The average Bonchev–Trinajstić information content (AvgIpc) is 3.09. The van der Waals surface area contributed by atoms with Gasteiger partial charge in [0.1, 0.15) is 10.7 Å². The zero-order chi connectivity index (χ0) is 17.0. The van der Waals surface area contributed by atoms with Crippen LogP contribution in [0.3, 0.4) is 0 Å². The van der Waals surface area contributed by atoms with E-state index in [4.69, 9.17) is 4.74 Å². The molecule has 0 saturated carbocycles. The van der Waals surface area contributed by atoms with Crippen molar-refractivity contribution in [2.24, 2.45) is 0 Å². The van der Waals surface area contributed by atoms with Crippen LogP contribution in [0, 0.1) is 0 Å². The van der Waals surface area contributed by atoms with Crippen LogP contribution in [0.1, 0.15) is 24.6 Å². The molecule has 0 bridgehead atoms. The molecule has 1 aliphatic rings. The van der Waals surface area contributed by atoms with E-state index in [1.165, 1.54) is 6.20 Å². The average molecular weight is 350 g/mol. The minimum absolute atomic E-state index is 0.0945. The first-order chi connectivity index (χ1) is 11.6. The van der Waals surface area contributed by atoms with Crippen molar-refractivity contribution in [2.45, 2.75) is 30.2 Å². The van der Waals surface area contributed by atoms with E-state index in [9.17, 15) is 8.42 Å². The number of nitrogens with zero attached hydrogens (tertiary/aromatic N) is 4. The number of aromatic nitrogens is 3. The third kappa shape index (κ3) is 3.50. The van der Waals surface area contributed by atoms with Crippen LogP contribution in [0.25, 0.3) is 0 Å². The van der Waals surface area contributed by atoms with E-state index >= 15 is 0 Å². The Balaban J connectivity index is 1.79. The lowest BCUT2D eigenvalue weighted by molar-refractivity contribution is 0.184. The number of pyridine rings is 1. The Morgan fingerprint density at radius 2 is 2.25 bits per heavy atom. The quantitative estimate of drug-likeness (QED) is 0.789. The van der Waals surface area contributed by atoms with Crippen molar-refractivity contribution >= 4 is 10.0 Å². The monoisotopic (exact) mass is 350 g/mol. The largest absolute Gasteiger partial charge is 0.383 e. The van der Waals surface area contributed by atoms with E-state index in [0.717, 1.165) is 25.2 Å². The van der Waals surface area contributed by atoms with Crippen molar-refractivity contribution in [2.75, 3.05) is 26.8 Å². The number of sulfonamides is 1. The Labute approximate surface area is 142 Å². The summed E-state index contributed by atoms with van der Waals surface area (Å²) in [6.07, 6.45) is 8.41. The number of rotatable bonds is 6. The molecule has 1 unspecified atom stereocenters. The van der Waals surface area contributed by atoms with Crippen LogP contribution < -0.4 is 0 Å². The highest BCUT2D eigenvalue weighted by molar-refractivity contribution is 7.89. The van der Waals surface area contributed by atoms with Crippen molar-refractivity contribution in [1.82, 2.24) is 18.8 Å². The molecule has 0 spiro atoms. The molecular formula is C16H22N4O3S. The number of imidazole rings is 1. The number of hydrogen-bond donors (Lipinski definition) is 0. The van der Waals surface area contributed by atoms with Crippen LogP contribution in [-0.4, -0.2) is 54.1 Å². The summed E-state index contributed by atoms with van der Waals surface area (Å²) in [6, 6.07) is 3.23. The van der Waals surface area contributed by atoms with Gasteiger partial charge in [-0.15, -0.1) is 0 Å². The lowest BCUT2D eigenvalue weighted by atomic mass is 9.99. The zero-order valence-corrected chi connectivity index (χ0v) is 14.5. The van der Waals surface area contributed by atoms with Crippen molar-refractivity contribution in [3.05, 3.63) is 42.7 Å². The van der Waals surface area contributed by atoms with Crippen molar-refractivity contribution < 1.29 is 13.2 Å². The lowest BCUT2D eigenvalue weighted by Crippen LogP contribution is -2.39. The third-order valence-electron chi connectivity index (χ3n) is 4.31. The van der Waals surface area contributed by atoms with E-state index in [1.807, 2.05) is 10.8 Å². The minimum atomic E-state index is -3.51. The highest BCUT2D eigenvalue weighted by Gasteiger charge is 2.32. The number of piperidine rings is 1. The summed E-state index contributed by atoms with van der Waals surface area (Å²) in [6.45, 7) is 2.30. The Hall–Kier alpha value is -1.77. The maximum Gasteiger partial charge on any atom is 0.244 e. The Morgan fingerprint density at radius 3 is 3.00 bits per heavy atom. The molecule has 130 valence electrons. The molecule has 3 heterocycles. The summed E-state index contributed by atoms with van der Waals surface area (Å²) in [5, 5.41) is 0. The molecule has 0 N–H and O–H groups in total. The zero-order valence-electron chi connectivity index (χ0n) is 13.7. The Morgan fingerprint density at radius 1 is 1.38 bits per heavy atom. The van der Waals surface area contributed by atoms with Gasteiger partial charge in [0, 0.05) is 57.4 Å². The second-order valence-corrected chi connectivity index (χ2v) is 7.80. The summed E-state index contributed by atoms with van der Waals surface area (Å²) in [5.41, 5.74) is 0. The summed E-state index contributed by atoms with van der Waals surface area (Å²) in [4.78, 5) is 8.63. The molecule has 0 aliphatic carbocycles. The molecule has 24 heavy (non-hydrogen) atoms. The van der Waals surface area contributed by atoms with Gasteiger partial charge in [-0.25, -0.2) is 13.4 Å². The van der Waals surface area contributed by atoms with E-state index < -0.39 is 10.0 Å². The topological polar surface area (TPSA) is 77.3 Å². The molecular weight excluding hydrogens is 328 g/mol. The fourth-order valence-electron chi connectivity index (χ4n) is 3.08. The second-order valence-electron chi connectivity index (χ2n) is 5.86. The fourth-order valence-corrected chi connectivity index (χ4v) is 4.57. The molecule has 0 amide bonds. The molecule has 1 aliphatic heterocycles. The summed E-state index contributed by atoms with van der Waals surface area (Å²) in [7, 11) is -1.84. The van der Waals surface area contributed by atoms with Gasteiger partial charge >= 0.3 is 0 Å². The van der Waals surface area contributed by atoms with Gasteiger partial charge in [0.05, 0.1) is 6.61 Å². The van der Waals surface area contributed by atoms with Crippen LogP contribution in [0.4, 0.5) is 0 Å². The molecule has 2 aromatic heterocycles. The van der Waals surface area contributed by atoms with Gasteiger partial charge in [0.15, 0.2) is 0 Å². The van der Waals surface area contributed by atoms with E-state index in [-0.39, 0.29) is 10.8 Å². The third-order valence-corrected chi connectivity index (χ3v) is 6.15. The molecule has 1 fully saturated rings. The summed E-state index contributed by atoms with van der Waals surface area (Å²) in [5.74, 6) is 1.02. The van der Waals surface area contributed by atoms with Gasteiger partial charge in [0.2, 0.25) is 10.0 Å². The molecule has 3 rings (SSSR count). The predicted molar refractivity (Wildman–Crippen MR) is 89.1 cm³/mol. The van der Waals surface area contributed by atoms with Crippen LogP contribution >= 0.6 is 0 Å². The normalized spacial score (nSPS) is 19.5. The maximum atomic E-state index is 12.8. The molecule has 1 saturated heterocycles. The molecule has 0 aromatic carbocycles. The van der Waals surface area contributed by atoms with Gasteiger partial charge in [-0.1, -0.05) is 0 Å². The number of ether oxygens (including phenoxy) is 1. The van der Waals surface area contributed by atoms with Gasteiger partial charge < -0.3 is 9.30 Å². The van der Waals surface area contributed by atoms with Crippen molar-refractivity contribution in [1.29, 1.82) is 0 Å². The smallest absolute Gasteiger partial charge is 0.244 e.